The van der Waals surface area contributed by atoms with Gasteiger partial charge in [0.25, 0.3) is 5.91 Å². The molecule has 1 atom stereocenters. The normalized spacial score (nSPS) is 16.7. The Bertz CT molecular complexity index is 794. The average molecular weight is 391 g/mol. The molecule has 1 saturated heterocycles. The highest BCUT2D eigenvalue weighted by molar-refractivity contribution is 7.14. The van der Waals surface area contributed by atoms with Crippen molar-refractivity contribution < 1.29 is 19.2 Å². The molecule has 0 aliphatic carbocycles. The van der Waals surface area contributed by atoms with Crippen molar-refractivity contribution in [3.8, 4) is 0 Å². The molecule has 2 aromatic heterocycles. The summed E-state index contributed by atoms with van der Waals surface area (Å²) in [5.41, 5.74) is 1.85. The Kier molecular flexibility index (Phi) is 6.28. The van der Waals surface area contributed by atoms with Gasteiger partial charge in [-0.15, -0.1) is 11.3 Å². The van der Waals surface area contributed by atoms with Gasteiger partial charge in [0.2, 0.25) is 5.91 Å². The van der Waals surface area contributed by atoms with Crippen LogP contribution in [0.1, 0.15) is 56.9 Å². The lowest BCUT2D eigenvalue weighted by atomic mass is 10.1. The minimum Gasteiger partial charge on any atom is -0.395 e. The van der Waals surface area contributed by atoms with Crippen LogP contribution in [0.2, 0.25) is 0 Å². The zero-order valence-electron chi connectivity index (χ0n) is 15.7. The molecule has 1 aliphatic heterocycles. The number of thiophene rings is 1. The van der Waals surface area contributed by atoms with Crippen molar-refractivity contribution in [1.29, 1.82) is 0 Å². The number of aliphatic hydroxyl groups excluding tert-OH is 1. The standard InChI is InChI=1S/C19H25N3O4S/c1-12-14(13(2)26-21-12)5-8-18(24)22-10-3-4-15(22)16-6-7-17(27-16)19(25)20-9-11-23/h6-7,15,23H,3-5,8-11H2,1-2H3,(H,20,25). The van der Waals surface area contributed by atoms with Crippen LogP contribution in [0.4, 0.5) is 0 Å². The Hall–Kier alpha value is -2.19. The number of carbonyl (C=O) groups excluding carboxylic acids is 2. The van der Waals surface area contributed by atoms with Crippen LogP contribution in [0.3, 0.4) is 0 Å². The zero-order chi connectivity index (χ0) is 19.4. The van der Waals surface area contributed by atoms with Gasteiger partial charge in [-0.25, -0.2) is 0 Å². The van der Waals surface area contributed by atoms with Crippen LogP contribution in [0.5, 0.6) is 0 Å². The van der Waals surface area contributed by atoms with Gasteiger partial charge < -0.3 is 19.8 Å². The summed E-state index contributed by atoms with van der Waals surface area (Å²) in [6.07, 6.45) is 2.93. The third-order valence-electron chi connectivity index (χ3n) is 4.92. The second kappa shape index (κ2) is 8.67. The van der Waals surface area contributed by atoms with E-state index < -0.39 is 0 Å². The van der Waals surface area contributed by atoms with Gasteiger partial charge in [0.1, 0.15) is 5.76 Å². The Morgan fingerprint density at radius 3 is 2.93 bits per heavy atom. The van der Waals surface area contributed by atoms with E-state index in [1.807, 2.05) is 24.8 Å². The number of nitrogens with one attached hydrogen (secondary N) is 1. The lowest BCUT2D eigenvalue weighted by molar-refractivity contribution is -0.132. The largest absolute Gasteiger partial charge is 0.395 e. The summed E-state index contributed by atoms with van der Waals surface area (Å²) >= 11 is 1.42. The van der Waals surface area contributed by atoms with E-state index in [9.17, 15) is 9.59 Å². The molecule has 2 N–H and O–H groups in total. The zero-order valence-corrected chi connectivity index (χ0v) is 16.5. The number of likely N-dealkylation sites (tertiary alicyclic amines) is 1. The van der Waals surface area contributed by atoms with E-state index in [0.717, 1.165) is 41.3 Å². The van der Waals surface area contributed by atoms with Gasteiger partial charge >= 0.3 is 0 Å². The molecule has 0 saturated carbocycles. The number of nitrogens with zero attached hydrogens (tertiary/aromatic N) is 2. The Labute approximate surface area is 162 Å². The van der Waals surface area contributed by atoms with Crippen LogP contribution in [-0.2, 0) is 11.2 Å². The number of amides is 2. The summed E-state index contributed by atoms with van der Waals surface area (Å²) in [6, 6.07) is 3.76. The molecule has 3 rings (SSSR count). The molecule has 2 amide bonds. The first kappa shape index (κ1) is 19.6. The molecule has 27 heavy (non-hydrogen) atoms. The van der Waals surface area contributed by atoms with Crippen LogP contribution < -0.4 is 5.32 Å². The molecular formula is C19H25N3O4S. The van der Waals surface area contributed by atoms with Crippen molar-refractivity contribution in [2.24, 2.45) is 0 Å². The second-order valence-corrected chi connectivity index (χ2v) is 7.84. The number of aliphatic hydroxyl groups is 1. The van der Waals surface area contributed by atoms with Crippen molar-refractivity contribution in [2.45, 2.75) is 45.6 Å². The van der Waals surface area contributed by atoms with Crippen molar-refractivity contribution in [3.63, 3.8) is 0 Å². The van der Waals surface area contributed by atoms with Crippen LogP contribution in [-0.4, -0.2) is 46.7 Å². The highest BCUT2D eigenvalue weighted by Crippen LogP contribution is 2.36. The van der Waals surface area contributed by atoms with Crippen molar-refractivity contribution >= 4 is 23.2 Å². The fourth-order valence-corrected chi connectivity index (χ4v) is 4.58. The summed E-state index contributed by atoms with van der Waals surface area (Å²) in [6.45, 7) is 4.66. The molecule has 0 spiro atoms. The molecule has 3 heterocycles. The van der Waals surface area contributed by atoms with Crippen LogP contribution in [0.25, 0.3) is 0 Å². The average Bonchev–Trinajstić information content (AvgIpc) is 3.38. The van der Waals surface area contributed by atoms with Crippen molar-refractivity contribution in [3.05, 3.63) is 38.9 Å². The fraction of sp³-hybridized carbons (Fsp3) is 0.526. The smallest absolute Gasteiger partial charge is 0.261 e. The number of hydrogen-bond donors (Lipinski definition) is 2. The molecule has 7 nitrogen and oxygen atoms in total. The lowest BCUT2D eigenvalue weighted by Crippen LogP contribution is -2.30. The molecule has 1 fully saturated rings. The topological polar surface area (TPSA) is 95.7 Å². The summed E-state index contributed by atoms with van der Waals surface area (Å²) in [5, 5.41) is 15.4. The number of aromatic nitrogens is 1. The number of rotatable bonds is 7. The number of aryl methyl sites for hydroxylation is 2. The van der Waals surface area contributed by atoms with E-state index in [4.69, 9.17) is 9.63 Å². The lowest BCUT2D eigenvalue weighted by Gasteiger charge is -2.24. The first-order chi connectivity index (χ1) is 13.0. The van der Waals surface area contributed by atoms with E-state index in [1.165, 1.54) is 11.3 Å². The predicted molar refractivity (Wildman–Crippen MR) is 102 cm³/mol. The van der Waals surface area contributed by atoms with Gasteiger partial charge in [-0.2, -0.15) is 0 Å². The first-order valence-electron chi connectivity index (χ1n) is 9.21. The molecule has 0 radical (unpaired) electrons. The molecule has 2 aromatic rings. The summed E-state index contributed by atoms with van der Waals surface area (Å²) < 4.78 is 5.17. The first-order valence-corrected chi connectivity index (χ1v) is 10.0. The molecule has 8 heteroatoms. The highest BCUT2D eigenvalue weighted by atomic mass is 32.1. The maximum atomic E-state index is 12.8. The van der Waals surface area contributed by atoms with Gasteiger partial charge in [-0.3, -0.25) is 9.59 Å². The fourth-order valence-electron chi connectivity index (χ4n) is 3.51. The van der Waals surface area contributed by atoms with Crippen LogP contribution in [0.15, 0.2) is 16.7 Å². The van der Waals surface area contributed by atoms with Crippen LogP contribution in [0, 0.1) is 13.8 Å². The van der Waals surface area contributed by atoms with E-state index in [2.05, 4.69) is 10.5 Å². The van der Waals surface area contributed by atoms with Crippen molar-refractivity contribution in [2.75, 3.05) is 19.7 Å². The van der Waals surface area contributed by atoms with Gasteiger partial charge in [0.05, 0.1) is 23.2 Å². The molecule has 0 aromatic carbocycles. The maximum absolute atomic E-state index is 12.8. The third-order valence-corrected chi connectivity index (χ3v) is 6.10. The molecule has 0 bridgehead atoms. The Morgan fingerprint density at radius 2 is 2.22 bits per heavy atom. The molecular weight excluding hydrogens is 366 g/mol. The highest BCUT2D eigenvalue weighted by Gasteiger charge is 2.31. The van der Waals surface area contributed by atoms with Gasteiger partial charge in [-0.1, -0.05) is 5.16 Å². The minimum absolute atomic E-state index is 0.0339. The number of carbonyl (C=O) groups is 2. The maximum Gasteiger partial charge on any atom is 0.261 e. The predicted octanol–water partition coefficient (Wildman–Crippen LogP) is 2.37. The van der Waals surface area contributed by atoms with E-state index in [-0.39, 0.29) is 31.0 Å². The number of hydrogen-bond acceptors (Lipinski definition) is 6. The summed E-state index contributed by atoms with van der Waals surface area (Å²) in [4.78, 5) is 28.4. The van der Waals surface area contributed by atoms with E-state index >= 15 is 0 Å². The van der Waals surface area contributed by atoms with Gasteiger partial charge in [0.15, 0.2) is 0 Å². The van der Waals surface area contributed by atoms with Crippen LogP contribution >= 0.6 is 11.3 Å². The summed E-state index contributed by atoms with van der Waals surface area (Å²) in [7, 11) is 0. The minimum atomic E-state index is -0.186. The SMILES string of the molecule is Cc1noc(C)c1CCC(=O)N1CCCC1c1ccc(C(=O)NCCO)s1. The van der Waals surface area contributed by atoms with Gasteiger partial charge in [0, 0.05) is 30.0 Å². The third kappa shape index (κ3) is 4.39. The van der Waals surface area contributed by atoms with Crippen molar-refractivity contribution in [1.82, 2.24) is 15.4 Å². The van der Waals surface area contributed by atoms with E-state index in [1.54, 1.807) is 6.07 Å². The Morgan fingerprint density at radius 1 is 1.41 bits per heavy atom. The Balaban J connectivity index is 1.64. The second-order valence-electron chi connectivity index (χ2n) is 6.73. The molecule has 1 unspecified atom stereocenters. The molecule has 146 valence electrons. The van der Waals surface area contributed by atoms with Gasteiger partial charge in [-0.05, 0) is 45.2 Å². The monoisotopic (exact) mass is 391 g/mol. The van der Waals surface area contributed by atoms with E-state index in [0.29, 0.717) is 17.7 Å². The molecule has 1 aliphatic rings. The quantitative estimate of drug-likeness (QED) is 0.755. The summed E-state index contributed by atoms with van der Waals surface area (Å²) in [5.74, 6) is 0.710.